The first-order valence-electron chi connectivity index (χ1n) is 9.18. The third-order valence-electron chi connectivity index (χ3n) is 4.29. The molecule has 3 aromatic carbocycles. The summed E-state index contributed by atoms with van der Waals surface area (Å²) in [6.45, 7) is 3.64. The van der Waals surface area contributed by atoms with E-state index in [9.17, 15) is 9.59 Å². The van der Waals surface area contributed by atoms with E-state index in [0.717, 1.165) is 11.1 Å². The van der Waals surface area contributed by atoms with Crippen molar-refractivity contribution in [2.24, 2.45) is 0 Å². The fraction of sp³-hybridized carbons (Fsp3) is 0.130. The van der Waals surface area contributed by atoms with Gasteiger partial charge in [-0.2, -0.15) is 0 Å². The quantitative estimate of drug-likeness (QED) is 0.500. The molecular weight excluding hydrogens is 423 g/mol. The molecule has 0 aliphatic rings. The maximum absolute atomic E-state index is 12.3. The first-order valence-corrected chi connectivity index (χ1v) is 9.94. The Morgan fingerprint density at radius 1 is 0.867 bits per heavy atom. The van der Waals surface area contributed by atoms with Gasteiger partial charge in [-0.3, -0.25) is 9.59 Å². The molecular formula is C23H20Cl2N2O3. The molecule has 0 unspecified atom stereocenters. The Labute approximate surface area is 185 Å². The van der Waals surface area contributed by atoms with Gasteiger partial charge in [-0.25, -0.2) is 0 Å². The Hall–Kier alpha value is -3.02. The average molecular weight is 443 g/mol. The molecule has 0 atom stereocenters. The van der Waals surface area contributed by atoms with Crippen LogP contribution in [-0.2, 0) is 4.79 Å². The molecule has 0 saturated carbocycles. The number of halogens is 2. The summed E-state index contributed by atoms with van der Waals surface area (Å²) in [7, 11) is 0. The zero-order chi connectivity index (χ0) is 21.7. The van der Waals surface area contributed by atoms with Crippen LogP contribution >= 0.6 is 23.2 Å². The van der Waals surface area contributed by atoms with E-state index in [1.54, 1.807) is 60.7 Å². The number of nitrogens with one attached hydrogen (secondary N) is 2. The second-order valence-electron chi connectivity index (χ2n) is 6.75. The summed E-state index contributed by atoms with van der Waals surface area (Å²) in [6, 6.07) is 17.1. The van der Waals surface area contributed by atoms with E-state index in [0.29, 0.717) is 32.7 Å². The van der Waals surface area contributed by atoms with Crippen molar-refractivity contribution in [3.63, 3.8) is 0 Å². The van der Waals surface area contributed by atoms with E-state index < -0.39 is 0 Å². The minimum Gasteiger partial charge on any atom is -0.484 e. The molecule has 0 aliphatic carbocycles. The minimum atomic E-state index is -0.295. The molecule has 5 nitrogen and oxygen atoms in total. The van der Waals surface area contributed by atoms with E-state index in [2.05, 4.69) is 10.6 Å². The molecule has 0 aliphatic heterocycles. The molecule has 3 aromatic rings. The molecule has 2 N–H and O–H groups in total. The monoisotopic (exact) mass is 442 g/mol. The Kier molecular flexibility index (Phi) is 6.98. The Morgan fingerprint density at radius 3 is 2.07 bits per heavy atom. The predicted octanol–water partition coefficient (Wildman–Crippen LogP) is 5.88. The number of aryl methyl sites for hydroxylation is 2. The lowest BCUT2D eigenvalue weighted by Crippen LogP contribution is -2.20. The van der Waals surface area contributed by atoms with Crippen LogP contribution in [0.4, 0.5) is 11.4 Å². The highest BCUT2D eigenvalue weighted by atomic mass is 35.5. The molecule has 0 heterocycles. The maximum Gasteiger partial charge on any atom is 0.262 e. The lowest BCUT2D eigenvalue weighted by Gasteiger charge is -2.11. The average Bonchev–Trinajstić information content (AvgIpc) is 2.72. The van der Waals surface area contributed by atoms with Crippen LogP contribution in [0.25, 0.3) is 0 Å². The third-order valence-corrected chi connectivity index (χ3v) is 5.12. The number of rotatable bonds is 6. The van der Waals surface area contributed by atoms with Crippen molar-refractivity contribution in [3.05, 3.63) is 87.4 Å². The minimum absolute atomic E-state index is 0.131. The van der Waals surface area contributed by atoms with Crippen molar-refractivity contribution in [1.29, 1.82) is 0 Å². The number of anilines is 2. The molecule has 30 heavy (non-hydrogen) atoms. The largest absolute Gasteiger partial charge is 0.484 e. The van der Waals surface area contributed by atoms with Crippen molar-refractivity contribution in [1.82, 2.24) is 0 Å². The highest BCUT2D eigenvalue weighted by Crippen LogP contribution is 2.26. The first-order chi connectivity index (χ1) is 14.3. The van der Waals surface area contributed by atoms with Gasteiger partial charge < -0.3 is 15.4 Å². The van der Waals surface area contributed by atoms with Crippen LogP contribution in [0.1, 0.15) is 21.5 Å². The summed E-state index contributed by atoms with van der Waals surface area (Å²) in [5.41, 5.74) is 3.43. The van der Waals surface area contributed by atoms with Gasteiger partial charge in [0.1, 0.15) is 5.75 Å². The molecule has 0 fully saturated rings. The molecule has 7 heteroatoms. The van der Waals surface area contributed by atoms with E-state index in [-0.39, 0.29) is 18.4 Å². The summed E-state index contributed by atoms with van der Waals surface area (Å²) < 4.78 is 5.55. The number of amides is 2. The van der Waals surface area contributed by atoms with E-state index >= 15 is 0 Å². The molecule has 0 saturated heterocycles. The second kappa shape index (κ2) is 9.65. The number of ether oxygens (including phenoxy) is 1. The van der Waals surface area contributed by atoms with Crippen LogP contribution in [0, 0.1) is 13.8 Å². The van der Waals surface area contributed by atoms with Gasteiger partial charge >= 0.3 is 0 Å². The second-order valence-corrected chi connectivity index (χ2v) is 7.56. The molecule has 0 bridgehead atoms. The lowest BCUT2D eigenvalue weighted by atomic mass is 10.1. The van der Waals surface area contributed by atoms with Gasteiger partial charge in [0.15, 0.2) is 6.61 Å². The van der Waals surface area contributed by atoms with Gasteiger partial charge in [0.25, 0.3) is 11.8 Å². The molecule has 0 aromatic heterocycles. The SMILES string of the molecule is Cc1cc(OCC(=O)Nc2ccc(NC(=O)c3cccc(Cl)c3)cc2)cc(C)c1Cl. The number of hydrogen-bond donors (Lipinski definition) is 2. The number of carbonyl (C=O) groups is 2. The summed E-state index contributed by atoms with van der Waals surface area (Å²) in [6.07, 6.45) is 0. The summed E-state index contributed by atoms with van der Waals surface area (Å²) >= 11 is 12.1. The molecule has 3 rings (SSSR count). The van der Waals surface area contributed by atoms with Crippen LogP contribution in [0.15, 0.2) is 60.7 Å². The van der Waals surface area contributed by atoms with E-state index in [1.165, 1.54) is 0 Å². The van der Waals surface area contributed by atoms with Gasteiger partial charge in [-0.05, 0) is 79.6 Å². The summed E-state index contributed by atoms with van der Waals surface area (Å²) in [5.74, 6) is 0.0239. The first kappa shape index (κ1) is 21.7. The van der Waals surface area contributed by atoms with Gasteiger partial charge in [-0.15, -0.1) is 0 Å². The summed E-state index contributed by atoms with van der Waals surface area (Å²) in [4.78, 5) is 24.4. The van der Waals surface area contributed by atoms with Crippen LogP contribution in [0.3, 0.4) is 0 Å². The zero-order valence-corrected chi connectivity index (χ0v) is 18.0. The maximum atomic E-state index is 12.3. The third kappa shape index (κ3) is 5.75. The van der Waals surface area contributed by atoms with Crippen LogP contribution in [0.2, 0.25) is 10.0 Å². The highest BCUT2D eigenvalue weighted by molar-refractivity contribution is 6.32. The zero-order valence-electron chi connectivity index (χ0n) is 16.5. The number of hydrogen-bond acceptors (Lipinski definition) is 3. The lowest BCUT2D eigenvalue weighted by molar-refractivity contribution is -0.118. The van der Waals surface area contributed by atoms with Gasteiger partial charge in [0.2, 0.25) is 0 Å². The van der Waals surface area contributed by atoms with Gasteiger partial charge in [0, 0.05) is 27.0 Å². The fourth-order valence-electron chi connectivity index (χ4n) is 2.81. The van der Waals surface area contributed by atoms with Crippen molar-refractivity contribution >= 4 is 46.4 Å². The van der Waals surface area contributed by atoms with Crippen LogP contribution < -0.4 is 15.4 Å². The van der Waals surface area contributed by atoms with Crippen molar-refractivity contribution in [2.75, 3.05) is 17.2 Å². The Morgan fingerprint density at radius 2 is 1.47 bits per heavy atom. The van der Waals surface area contributed by atoms with Crippen molar-refractivity contribution < 1.29 is 14.3 Å². The Bertz CT molecular complexity index is 1060. The highest BCUT2D eigenvalue weighted by Gasteiger charge is 2.09. The van der Waals surface area contributed by atoms with Crippen molar-refractivity contribution in [2.45, 2.75) is 13.8 Å². The van der Waals surface area contributed by atoms with E-state index in [1.807, 2.05) is 13.8 Å². The predicted molar refractivity (Wildman–Crippen MR) is 121 cm³/mol. The van der Waals surface area contributed by atoms with Gasteiger partial charge in [-0.1, -0.05) is 29.3 Å². The summed E-state index contributed by atoms with van der Waals surface area (Å²) in [5, 5.41) is 6.72. The standard InChI is InChI=1S/C23H20Cl2N2O3/c1-14-10-20(11-15(2)22(14)25)30-13-21(28)26-18-6-8-19(9-7-18)27-23(29)16-4-3-5-17(24)12-16/h3-12H,13H2,1-2H3,(H,26,28)(H,27,29). The number of carbonyl (C=O) groups excluding carboxylic acids is 2. The van der Waals surface area contributed by atoms with Crippen molar-refractivity contribution in [3.8, 4) is 5.75 Å². The van der Waals surface area contributed by atoms with Crippen LogP contribution in [0.5, 0.6) is 5.75 Å². The molecule has 0 radical (unpaired) electrons. The molecule has 0 spiro atoms. The topological polar surface area (TPSA) is 67.4 Å². The molecule has 2 amide bonds. The number of benzene rings is 3. The smallest absolute Gasteiger partial charge is 0.262 e. The fourth-order valence-corrected chi connectivity index (χ4v) is 3.10. The van der Waals surface area contributed by atoms with Crippen LogP contribution in [-0.4, -0.2) is 18.4 Å². The Balaban J connectivity index is 1.53. The molecule has 154 valence electrons. The normalized spacial score (nSPS) is 10.4. The van der Waals surface area contributed by atoms with Gasteiger partial charge in [0.05, 0.1) is 0 Å². The van der Waals surface area contributed by atoms with E-state index in [4.69, 9.17) is 27.9 Å².